The van der Waals surface area contributed by atoms with Crippen molar-refractivity contribution in [2.75, 3.05) is 6.54 Å². The molecule has 0 spiro atoms. The molecule has 0 aromatic rings. The Hall–Kier alpha value is 2.77. The van der Waals surface area contributed by atoms with Gasteiger partial charge in [-0.3, -0.25) is 0 Å². The van der Waals surface area contributed by atoms with Gasteiger partial charge in [0.1, 0.15) is 0 Å². The molecule has 0 radical (unpaired) electrons. The first-order valence-electron chi connectivity index (χ1n) is 3.50. The van der Waals surface area contributed by atoms with Crippen molar-refractivity contribution in [3.05, 3.63) is 0 Å². The summed E-state index contributed by atoms with van der Waals surface area (Å²) in [7, 11) is -1.07. The van der Waals surface area contributed by atoms with Crippen molar-refractivity contribution in [3.8, 4) is 0 Å². The molecule has 1 N–H and O–H groups in total. The predicted molar refractivity (Wildman–Crippen MR) is 83.5 cm³/mol. The second-order valence-corrected chi connectivity index (χ2v) is 16.0. The third kappa shape index (κ3) is 4.22. The van der Waals surface area contributed by atoms with Crippen LogP contribution < -0.4 is 4.86 Å². The van der Waals surface area contributed by atoms with Crippen molar-refractivity contribution in [2.24, 2.45) is 4.52 Å². The zero-order valence-electron chi connectivity index (χ0n) is 7.12. The van der Waals surface area contributed by atoms with Crippen LogP contribution in [0.1, 0.15) is 13.3 Å². The van der Waals surface area contributed by atoms with Gasteiger partial charge in [0.25, 0.3) is 0 Å². The van der Waals surface area contributed by atoms with E-state index in [-0.39, 0.29) is 32.9 Å². The van der Waals surface area contributed by atoms with Gasteiger partial charge in [-0.15, -0.1) is 24.0 Å². The maximum absolute atomic E-state index is 6.12. The fourth-order valence-corrected chi connectivity index (χ4v) is 12.0. The van der Waals surface area contributed by atoms with E-state index in [9.17, 15) is 0 Å². The number of rotatable bonds is 2. The van der Waals surface area contributed by atoms with E-state index in [2.05, 4.69) is 9.37 Å². The van der Waals surface area contributed by atoms with Crippen molar-refractivity contribution < 1.29 is 0 Å². The Kier molecular flexibility index (Phi) is 7.29. The van der Waals surface area contributed by atoms with Crippen molar-refractivity contribution >= 4 is 90.0 Å². The third-order valence-corrected chi connectivity index (χ3v) is 13.8. The van der Waals surface area contributed by atoms with Gasteiger partial charge in [0, 0.05) is 0 Å². The molecule has 11 heteroatoms. The first-order valence-corrected chi connectivity index (χ1v) is 11.5. The molecular weight excluding hydrogens is 440 g/mol. The fourth-order valence-electron chi connectivity index (χ4n) is 0.819. The minimum atomic E-state index is -3.46. The molecule has 0 aliphatic carbocycles. The average molecular weight is 450 g/mol. The standard InChI is InChI=1S/C3H9Cl4N3P3.HI/c1-2-3-10-12(4)8-11-9-13(10,5,6)7;/h11H,2-3H2,1H3,(H,8,9);1H/q+1;. The third-order valence-electron chi connectivity index (χ3n) is 1.35. The summed E-state index contributed by atoms with van der Waals surface area (Å²) in [6.45, 7) is 2.67. The molecule has 0 saturated heterocycles. The van der Waals surface area contributed by atoms with E-state index in [0.29, 0.717) is 6.54 Å². The van der Waals surface area contributed by atoms with Crippen LogP contribution in [-0.2, 0) is 0 Å². The molecule has 0 aromatic carbocycles. The molecule has 1 heterocycles. The number of hydrogen-bond donors (Lipinski definition) is 1. The summed E-state index contributed by atoms with van der Waals surface area (Å²) < 4.78 is 5.81. The van der Waals surface area contributed by atoms with E-state index in [1.54, 1.807) is 4.44 Å². The van der Waals surface area contributed by atoms with E-state index in [0.717, 1.165) is 6.42 Å². The van der Waals surface area contributed by atoms with Crippen LogP contribution in [0.15, 0.2) is 4.52 Å². The van der Waals surface area contributed by atoms with Gasteiger partial charge in [0.2, 0.25) is 0 Å². The smallest absolute Gasteiger partial charge is 0.107 e. The zero-order valence-corrected chi connectivity index (χ0v) is 15.3. The van der Waals surface area contributed by atoms with Gasteiger partial charge >= 0.3 is 99.7 Å². The second-order valence-electron chi connectivity index (χ2n) is 2.43. The quantitative estimate of drug-likeness (QED) is 0.413. The number of nitrogens with zero attached hydrogens (tertiary/aromatic N) is 2. The second kappa shape index (κ2) is 6.09. The number of hydrogen-bond acceptors (Lipinski definition) is 3. The summed E-state index contributed by atoms with van der Waals surface area (Å²) in [5.74, 6) is 0. The van der Waals surface area contributed by atoms with Gasteiger partial charge < -0.3 is 0 Å². The van der Waals surface area contributed by atoms with Crippen LogP contribution in [0.25, 0.3) is 0 Å². The van der Waals surface area contributed by atoms with Crippen LogP contribution >= 0.6 is 90.0 Å². The van der Waals surface area contributed by atoms with Gasteiger partial charge in [-0.1, -0.05) is 0 Å². The molecule has 3 nitrogen and oxygen atoms in total. The minimum Gasteiger partial charge on any atom is -0.107 e. The Morgan fingerprint density at radius 3 is 2.50 bits per heavy atom. The van der Waals surface area contributed by atoms with Crippen molar-refractivity contribution in [1.82, 2.24) is 9.30 Å². The summed E-state index contributed by atoms with van der Waals surface area (Å²) in [6.07, 6.45) is 0.885. The maximum atomic E-state index is 6.12. The maximum Gasteiger partial charge on any atom is -0.107 e. The Labute approximate surface area is 123 Å². The van der Waals surface area contributed by atoms with Crippen LogP contribution in [-0.4, -0.2) is 11.0 Å². The molecule has 0 saturated carbocycles. The van der Waals surface area contributed by atoms with Crippen molar-refractivity contribution in [3.63, 3.8) is 0 Å². The molecule has 0 bridgehead atoms. The SMILES string of the molecule is CCCN1[P+](Cl)=NPNP1(Cl)(Cl)Cl.I. The molecule has 1 aliphatic rings. The summed E-state index contributed by atoms with van der Waals surface area (Å²) in [6, 6.07) is 0. The fraction of sp³-hybridized carbons (Fsp3) is 1.00. The van der Waals surface area contributed by atoms with Crippen LogP contribution in [0.4, 0.5) is 0 Å². The Balaban J connectivity index is 0.00000169. The average Bonchev–Trinajstić information content (AvgIpc) is 1.96. The summed E-state index contributed by atoms with van der Waals surface area (Å²) in [5, 5.41) is 0. The minimum absolute atomic E-state index is 0. The van der Waals surface area contributed by atoms with E-state index in [4.69, 9.17) is 45.0 Å². The van der Waals surface area contributed by atoms with Crippen LogP contribution in [0.2, 0.25) is 0 Å². The van der Waals surface area contributed by atoms with Gasteiger partial charge in [0.05, 0.1) is 0 Å². The van der Waals surface area contributed by atoms with Gasteiger partial charge in [-0.2, -0.15) is 0 Å². The van der Waals surface area contributed by atoms with Gasteiger partial charge in [-0.25, -0.2) is 0 Å². The van der Waals surface area contributed by atoms with Gasteiger partial charge in [-0.05, 0) is 0 Å². The van der Waals surface area contributed by atoms with E-state index in [1.807, 2.05) is 6.92 Å². The Morgan fingerprint density at radius 2 is 2.07 bits per heavy atom. The topological polar surface area (TPSA) is 27.6 Å². The summed E-state index contributed by atoms with van der Waals surface area (Å²) in [5.41, 5.74) is 0. The first-order chi connectivity index (χ1) is 5.85. The molecular formula is C3H10Cl4IN3P3+. The number of nitrogens with one attached hydrogen (secondary N) is 1. The van der Waals surface area contributed by atoms with Crippen LogP contribution in [0.3, 0.4) is 0 Å². The van der Waals surface area contributed by atoms with Crippen molar-refractivity contribution in [2.45, 2.75) is 13.3 Å². The molecule has 2 unspecified atom stereocenters. The van der Waals surface area contributed by atoms with E-state index >= 15 is 0 Å². The largest absolute Gasteiger partial charge is 0.107 e. The van der Waals surface area contributed by atoms with E-state index < -0.39 is 12.2 Å². The Morgan fingerprint density at radius 1 is 1.50 bits per heavy atom. The molecule has 1 rings (SSSR count). The van der Waals surface area contributed by atoms with Gasteiger partial charge in [0.15, 0.2) is 0 Å². The molecule has 2 atom stereocenters. The Bertz CT molecular complexity index is 243. The summed E-state index contributed by atoms with van der Waals surface area (Å²) in [4.78, 5) is -0.610. The molecule has 0 aromatic heterocycles. The first kappa shape index (κ1) is 16.8. The van der Waals surface area contributed by atoms with E-state index in [1.165, 1.54) is 0 Å². The monoisotopic (exact) mass is 448 g/mol. The predicted octanol–water partition coefficient (Wildman–Crippen LogP) is 6.01. The molecule has 14 heavy (non-hydrogen) atoms. The molecule has 86 valence electrons. The van der Waals surface area contributed by atoms with Crippen LogP contribution in [0.5, 0.6) is 0 Å². The molecule has 0 fully saturated rings. The van der Waals surface area contributed by atoms with Crippen molar-refractivity contribution in [1.29, 1.82) is 0 Å². The zero-order chi connectivity index (χ0) is 10.1. The normalized spacial score (nSPS) is 32.4. The van der Waals surface area contributed by atoms with Crippen LogP contribution in [0, 0.1) is 0 Å². The molecule has 0 amide bonds. The molecule has 1 aliphatic heterocycles. The number of halogens is 5. The summed E-state index contributed by atoms with van der Waals surface area (Å²) >= 11 is 24.4.